The fourth-order valence-electron chi connectivity index (χ4n) is 4.68. The van der Waals surface area contributed by atoms with E-state index in [2.05, 4.69) is 49.9 Å². The van der Waals surface area contributed by atoms with Crippen molar-refractivity contribution in [1.82, 2.24) is 4.90 Å². The summed E-state index contributed by atoms with van der Waals surface area (Å²) in [5.74, 6) is 0. The van der Waals surface area contributed by atoms with E-state index in [1.807, 2.05) is 0 Å². The van der Waals surface area contributed by atoms with Gasteiger partial charge in [-0.25, -0.2) is 0 Å². The highest BCUT2D eigenvalue weighted by molar-refractivity contribution is 5.90. The molecule has 0 aliphatic heterocycles. The van der Waals surface area contributed by atoms with Crippen LogP contribution in [-0.2, 0) is 19.3 Å². The summed E-state index contributed by atoms with van der Waals surface area (Å²) in [6.45, 7) is 9.67. The van der Waals surface area contributed by atoms with Crippen LogP contribution in [0, 0.1) is 0 Å². The van der Waals surface area contributed by atoms with Crippen molar-refractivity contribution in [3.8, 4) is 0 Å². The Bertz CT molecular complexity index is 759. The monoisotopic (exact) mass is 381 g/mol. The Kier molecular flexibility index (Phi) is 7.93. The minimum absolute atomic E-state index is 0.404. The molecule has 0 saturated heterocycles. The predicted octanol–water partition coefficient (Wildman–Crippen LogP) is 6.22. The molecule has 2 aromatic carbocycles. The fraction of sp³-hybridized carbons (Fsp3) is 0.615. The first-order chi connectivity index (χ1) is 13.7. The lowest BCUT2D eigenvalue weighted by molar-refractivity contribution is 0.111. The van der Waals surface area contributed by atoms with Crippen LogP contribution < -0.4 is 0 Å². The molecule has 1 atom stereocenters. The first kappa shape index (κ1) is 21.3. The summed E-state index contributed by atoms with van der Waals surface area (Å²) in [5.41, 5.74) is 5.65. The minimum atomic E-state index is -0.404. The Balaban J connectivity index is 1.86. The number of unbranched alkanes of at least 4 members (excludes halogenated alkanes) is 2. The molecule has 0 heterocycles. The molecule has 1 aliphatic carbocycles. The van der Waals surface area contributed by atoms with E-state index in [4.69, 9.17) is 0 Å². The summed E-state index contributed by atoms with van der Waals surface area (Å²) in [6.07, 6.45) is 10.6. The molecule has 154 valence electrons. The standard InChI is InChI=1S/C26H39NO/c1-4-7-15-27(16-8-5-2)19-26(28)22-13-14-24-23-12-10-9-11-21(23)17-20(6-3)25(24)18-22/h13-14,17-18,26,28H,4-12,15-16,19H2,1-3H3. The lowest BCUT2D eigenvalue weighted by Crippen LogP contribution is -2.30. The number of rotatable bonds is 10. The largest absolute Gasteiger partial charge is 0.387 e. The number of benzene rings is 2. The first-order valence-electron chi connectivity index (χ1n) is 11.7. The summed E-state index contributed by atoms with van der Waals surface area (Å²) in [5, 5.41) is 13.8. The van der Waals surface area contributed by atoms with E-state index in [0.717, 1.165) is 31.6 Å². The summed E-state index contributed by atoms with van der Waals surface area (Å²) in [7, 11) is 0. The van der Waals surface area contributed by atoms with E-state index < -0.39 is 6.10 Å². The zero-order valence-electron chi connectivity index (χ0n) is 18.3. The van der Waals surface area contributed by atoms with Gasteiger partial charge in [-0.3, -0.25) is 0 Å². The fourth-order valence-corrected chi connectivity index (χ4v) is 4.68. The molecule has 0 amide bonds. The second-order valence-electron chi connectivity index (χ2n) is 8.56. The molecule has 0 aromatic heterocycles. The molecule has 0 saturated carbocycles. The SMILES string of the molecule is CCCCN(CCCC)CC(O)c1ccc2c3c(cc(CC)c2c1)CCCC3. The molecule has 0 bridgehead atoms. The van der Waals surface area contributed by atoms with Gasteiger partial charge in [-0.05, 0) is 97.1 Å². The molecule has 0 spiro atoms. The van der Waals surface area contributed by atoms with Gasteiger partial charge in [-0.1, -0.05) is 51.8 Å². The molecule has 2 nitrogen and oxygen atoms in total. The van der Waals surface area contributed by atoms with Gasteiger partial charge in [0.15, 0.2) is 0 Å². The molecule has 0 fully saturated rings. The van der Waals surface area contributed by atoms with E-state index in [1.54, 1.807) is 11.1 Å². The zero-order valence-corrected chi connectivity index (χ0v) is 18.3. The summed E-state index contributed by atoms with van der Waals surface area (Å²) < 4.78 is 0. The smallest absolute Gasteiger partial charge is 0.0917 e. The highest BCUT2D eigenvalue weighted by Crippen LogP contribution is 2.33. The van der Waals surface area contributed by atoms with E-state index in [1.165, 1.54) is 67.7 Å². The molecule has 2 heteroatoms. The Morgan fingerprint density at radius 1 is 0.929 bits per heavy atom. The molecule has 1 aliphatic rings. The topological polar surface area (TPSA) is 23.5 Å². The second-order valence-corrected chi connectivity index (χ2v) is 8.56. The molecule has 2 aromatic rings. The molecular formula is C26H39NO. The number of hydrogen-bond donors (Lipinski definition) is 1. The Morgan fingerprint density at radius 2 is 1.64 bits per heavy atom. The van der Waals surface area contributed by atoms with Crippen molar-refractivity contribution in [3.05, 3.63) is 46.5 Å². The summed E-state index contributed by atoms with van der Waals surface area (Å²) in [6, 6.07) is 9.20. The third-order valence-electron chi connectivity index (χ3n) is 6.43. The van der Waals surface area contributed by atoms with Gasteiger partial charge in [0.25, 0.3) is 0 Å². The minimum Gasteiger partial charge on any atom is -0.387 e. The van der Waals surface area contributed by atoms with Gasteiger partial charge in [0.2, 0.25) is 0 Å². The average molecular weight is 382 g/mol. The van der Waals surface area contributed by atoms with Gasteiger partial charge in [-0.2, -0.15) is 0 Å². The molecule has 3 rings (SSSR count). The predicted molar refractivity (Wildman–Crippen MR) is 121 cm³/mol. The highest BCUT2D eigenvalue weighted by atomic mass is 16.3. The average Bonchev–Trinajstić information content (AvgIpc) is 2.74. The van der Waals surface area contributed by atoms with Crippen molar-refractivity contribution in [2.75, 3.05) is 19.6 Å². The third kappa shape index (κ3) is 4.96. The number of hydrogen-bond acceptors (Lipinski definition) is 2. The van der Waals surface area contributed by atoms with E-state index in [9.17, 15) is 5.11 Å². The molecule has 1 N–H and O–H groups in total. The van der Waals surface area contributed by atoms with E-state index in [0.29, 0.717) is 0 Å². The van der Waals surface area contributed by atoms with Gasteiger partial charge in [0.1, 0.15) is 0 Å². The van der Waals surface area contributed by atoms with Crippen LogP contribution in [0.5, 0.6) is 0 Å². The number of nitrogens with zero attached hydrogens (tertiary/aromatic N) is 1. The molecular weight excluding hydrogens is 342 g/mol. The van der Waals surface area contributed by atoms with Crippen molar-refractivity contribution < 1.29 is 5.11 Å². The Hall–Kier alpha value is -1.38. The first-order valence-corrected chi connectivity index (χ1v) is 11.7. The number of aliphatic hydroxyl groups is 1. The van der Waals surface area contributed by atoms with E-state index in [-0.39, 0.29) is 0 Å². The lowest BCUT2D eigenvalue weighted by Gasteiger charge is -2.26. The van der Waals surface area contributed by atoms with Crippen molar-refractivity contribution in [3.63, 3.8) is 0 Å². The van der Waals surface area contributed by atoms with Crippen molar-refractivity contribution in [2.45, 2.75) is 84.7 Å². The molecule has 1 unspecified atom stereocenters. The zero-order chi connectivity index (χ0) is 19.9. The quantitative estimate of drug-likeness (QED) is 0.528. The molecule has 0 radical (unpaired) electrons. The van der Waals surface area contributed by atoms with Crippen LogP contribution in [0.3, 0.4) is 0 Å². The van der Waals surface area contributed by atoms with Gasteiger partial charge in [-0.15, -0.1) is 0 Å². The van der Waals surface area contributed by atoms with Gasteiger partial charge in [0, 0.05) is 6.54 Å². The van der Waals surface area contributed by atoms with Gasteiger partial charge in [0.05, 0.1) is 6.10 Å². The van der Waals surface area contributed by atoms with Crippen LogP contribution >= 0.6 is 0 Å². The number of aliphatic hydroxyl groups excluding tert-OH is 1. The highest BCUT2D eigenvalue weighted by Gasteiger charge is 2.18. The van der Waals surface area contributed by atoms with Crippen LogP contribution in [0.2, 0.25) is 0 Å². The lowest BCUT2D eigenvalue weighted by atomic mass is 9.84. The van der Waals surface area contributed by atoms with Crippen molar-refractivity contribution in [2.24, 2.45) is 0 Å². The van der Waals surface area contributed by atoms with Crippen LogP contribution in [0.15, 0.2) is 24.3 Å². The maximum Gasteiger partial charge on any atom is 0.0917 e. The number of aryl methyl sites for hydroxylation is 3. The van der Waals surface area contributed by atoms with Gasteiger partial charge < -0.3 is 10.0 Å². The van der Waals surface area contributed by atoms with Crippen LogP contribution in [0.1, 0.15) is 87.7 Å². The maximum atomic E-state index is 11.0. The summed E-state index contributed by atoms with van der Waals surface area (Å²) in [4.78, 5) is 2.45. The van der Waals surface area contributed by atoms with E-state index >= 15 is 0 Å². The normalized spacial score (nSPS) is 15.2. The Morgan fingerprint density at radius 3 is 2.32 bits per heavy atom. The maximum absolute atomic E-state index is 11.0. The summed E-state index contributed by atoms with van der Waals surface area (Å²) >= 11 is 0. The number of fused-ring (bicyclic) bond motifs is 3. The molecule has 28 heavy (non-hydrogen) atoms. The Labute approximate surface area is 172 Å². The van der Waals surface area contributed by atoms with Crippen molar-refractivity contribution in [1.29, 1.82) is 0 Å². The third-order valence-corrected chi connectivity index (χ3v) is 6.43. The van der Waals surface area contributed by atoms with Crippen LogP contribution in [0.25, 0.3) is 10.8 Å². The van der Waals surface area contributed by atoms with Crippen LogP contribution in [-0.4, -0.2) is 29.6 Å². The van der Waals surface area contributed by atoms with Gasteiger partial charge >= 0.3 is 0 Å². The van der Waals surface area contributed by atoms with Crippen LogP contribution in [0.4, 0.5) is 0 Å². The second kappa shape index (κ2) is 10.4. The van der Waals surface area contributed by atoms with Crippen molar-refractivity contribution >= 4 is 10.8 Å².